The van der Waals surface area contributed by atoms with Gasteiger partial charge in [0.25, 0.3) is 11.5 Å². The maximum absolute atomic E-state index is 14.9. The Hall–Kier alpha value is -4.12. The Morgan fingerprint density at radius 1 is 0.981 bits per heavy atom. The summed E-state index contributed by atoms with van der Waals surface area (Å²) in [5.74, 6) is 1.53. The maximum Gasteiger partial charge on any atom is 0.272 e. The van der Waals surface area contributed by atoms with Gasteiger partial charge in [-0.25, -0.2) is 9.49 Å². The lowest BCUT2D eigenvalue weighted by atomic mass is 9.55. The molecule has 1 saturated heterocycles. The highest BCUT2D eigenvalue weighted by Gasteiger charge is 2.55. The molecule has 0 spiro atoms. The molecule has 1 aliphatic heterocycles. The number of aromatic amines is 1. The van der Waals surface area contributed by atoms with Crippen molar-refractivity contribution in [1.29, 1.82) is 0 Å². The van der Waals surface area contributed by atoms with Gasteiger partial charge in [-0.2, -0.15) is 5.10 Å². The Morgan fingerprint density at radius 2 is 1.81 bits per heavy atom. The molecule has 5 atom stereocenters. The minimum atomic E-state index is -0.539. The molecule has 1 amide bonds. The first-order valence-electron chi connectivity index (χ1n) is 19.1. The number of piperazine rings is 1. The number of phenols is 1. The fourth-order valence-electron chi connectivity index (χ4n) is 10.0. The van der Waals surface area contributed by atoms with Crippen molar-refractivity contribution in [2.24, 2.45) is 17.3 Å². The van der Waals surface area contributed by atoms with E-state index >= 15 is 0 Å². The largest absolute Gasteiger partial charge is 0.508 e. The number of aromatic hydroxyl groups is 1. The fraction of sp³-hybridized carbons (Fsp3) is 0.500. The number of aromatic nitrogens is 2. The summed E-state index contributed by atoms with van der Waals surface area (Å²) in [5, 5.41) is 18.1. The highest BCUT2D eigenvalue weighted by molar-refractivity contribution is 5.95. The van der Waals surface area contributed by atoms with Crippen molar-refractivity contribution >= 4 is 16.7 Å². The highest BCUT2D eigenvalue weighted by Crippen LogP contribution is 2.61. The molecule has 0 bridgehead atoms. The van der Waals surface area contributed by atoms with E-state index in [0.717, 1.165) is 30.3 Å². The minimum Gasteiger partial charge on any atom is -0.508 e. The zero-order valence-electron chi connectivity index (χ0n) is 30.0. The molecule has 10 heteroatoms. The Balaban J connectivity index is 0.768. The molecular formula is C42H49FN4O5. The van der Waals surface area contributed by atoms with Crippen LogP contribution in [0.2, 0.25) is 0 Å². The van der Waals surface area contributed by atoms with Gasteiger partial charge < -0.3 is 19.5 Å². The van der Waals surface area contributed by atoms with Crippen molar-refractivity contribution in [3.63, 3.8) is 0 Å². The van der Waals surface area contributed by atoms with Gasteiger partial charge in [-0.05, 0) is 109 Å². The van der Waals surface area contributed by atoms with Gasteiger partial charge in [0.2, 0.25) is 0 Å². The van der Waals surface area contributed by atoms with E-state index in [1.54, 1.807) is 29.2 Å². The van der Waals surface area contributed by atoms with Crippen LogP contribution in [-0.4, -0.2) is 89.7 Å². The van der Waals surface area contributed by atoms with E-state index in [4.69, 9.17) is 9.47 Å². The van der Waals surface area contributed by atoms with E-state index in [-0.39, 0.29) is 28.5 Å². The van der Waals surface area contributed by atoms with Gasteiger partial charge in [0, 0.05) is 44.5 Å². The highest BCUT2D eigenvalue weighted by atomic mass is 19.1. The van der Waals surface area contributed by atoms with Crippen LogP contribution in [-0.2, 0) is 22.3 Å². The third kappa shape index (κ3) is 6.76. The first-order valence-corrected chi connectivity index (χ1v) is 19.1. The van der Waals surface area contributed by atoms with Crippen molar-refractivity contribution in [2.75, 3.05) is 52.5 Å². The Bertz CT molecular complexity index is 1990. The van der Waals surface area contributed by atoms with Crippen LogP contribution < -0.4 is 5.56 Å². The molecule has 3 fully saturated rings. The summed E-state index contributed by atoms with van der Waals surface area (Å²) in [4.78, 5) is 29.6. The van der Waals surface area contributed by atoms with Crippen LogP contribution in [0.4, 0.5) is 4.39 Å². The number of fused-ring (bicyclic) bond motifs is 6. The Labute approximate surface area is 304 Å². The van der Waals surface area contributed by atoms with E-state index in [1.165, 1.54) is 42.9 Å². The summed E-state index contributed by atoms with van der Waals surface area (Å²) in [6, 6.07) is 17.9. The number of hydrogen-bond donors (Lipinski definition) is 2. The second kappa shape index (κ2) is 14.7. The van der Waals surface area contributed by atoms with Gasteiger partial charge in [0.15, 0.2) is 0 Å². The molecule has 1 aromatic heterocycles. The second-order valence-corrected chi connectivity index (χ2v) is 15.6. The first-order chi connectivity index (χ1) is 25.3. The molecule has 274 valence electrons. The standard InChI is InChI=1S/C42H49FN4O5/c1-42-15-14-31-30-10-8-29(48)26-28(30)7-9-32(31)36(42)11-13-39(42)52-23-22-51-21-20-46-16-18-47(19-17-46)41(50)35-24-27(6-12-37(35)43)25-38-33-4-2-3-5-34(33)40(49)45-44-38/h2-6,8,10,12,24,26,31-32,36,39,48H,7,9,11,13-23,25H2,1H3,(H,45,49)/t31-,32-,36+,39?,42+/m1/s1. The van der Waals surface area contributed by atoms with Crippen LogP contribution in [0, 0.1) is 23.1 Å². The summed E-state index contributed by atoms with van der Waals surface area (Å²) in [6.45, 7) is 7.46. The first kappa shape index (κ1) is 34.9. The third-order valence-corrected chi connectivity index (χ3v) is 12.8. The number of H-pyrrole nitrogens is 1. The maximum atomic E-state index is 14.9. The summed E-state index contributed by atoms with van der Waals surface area (Å²) in [7, 11) is 0. The average Bonchev–Trinajstić information content (AvgIpc) is 3.50. The minimum absolute atomic E-state index is 0.0590. The number of phenolic OH excluding ortho intramolecular Hbond substituents is 1. The number of rotatable bonds is 10. The van der Waals surface area contributed by atoms with E-state index in [9.17, 15) is 19.1 Å². The van der Waals surface area contributed by atoms with Gasteiger partial charge in [-0.15, -0.1) is 0 Å². The third-order valence-electron chi connectivity index (χ3n) is 12.8. The molecule has 1 unspecified atom stereocenters. The van der Waals surface area contributed by atoms with Gasteiger partial charge in [-0.3, -0.25) is 14.5 Å². The van der Waals surface area contributed by atoms with Crippen molar-refractivity contribution < 1.29 is 23.8 Å². The zero-order valence-corrected chi connectivity index (χ0v) is 30.0. The van der Waals surface area contributed by atoms with E-state index in [0.29, 0.717) is 87.0 Å². The number of nitrogens with one attached hydrogen (secondary N) is 1. The van der Waals surface area contributed by atoms with Crippen LogP contribution in [0.15, 0.2) is 65.5 Å². The zero-order chi connectivity index (χ0) is 35.8. The van der Waals surface area contributed by atoms with Gasteiger partial charge in [-0.1, -0.05) is 37.3 Å². The average molecular weight is 709 g/mol. The number of carbonyl (C=O) groups is 1. The van der Waals surface area contributed by atoms with Crippen LogP contribution in [0.5, 0.6) is 5.75 Å². The number of halogens is 1. The van der Waals surface area contributed by atoms with E-state index < -0.39 is 5.82 Å². The number of nitrogens with zero attached hydrogens (tertiary/aromatic N) is 3. The predicted octanol–water partition coefficient (Wildman–Crippen LogP) is 6.07. The number of aryl methyl sites for hydroxylation is 1. The number of carbonyl (C=O) groups excluding carboxylic acids is 1. The van der Waals surface area contributed by atoms with E-state index in [2.05, 4.69) is 28.1 Å². The van der Waals surface area contributed by atoms with Crippen molar-refractivity contribution in [1.82, 2.24) is 20.0 Å². The van der Waals surface area contributed by atoms with Crippen molar-refractivity contribution in [2.45, 2.75) is 63.9 Å². The molecule has 3 aliphatic carbocycles. The van der Waals surface area contributed by atoms with Crippen LogP contribution in [0.1, 0.15) is 77.7 Å². The smallest absolute Gasteiger partial charge is 0.272 e. The lowest BCUT2D eigenvalue weighted by molar-refractivity contribution is -0.0778. The molecule has 2 N–H and O–H groups in total. The van der Waals surface area contributed by atoms with E-state index in [1.807, 2.05) is 24.3 Å². The molecule has 2 heterocycles. The van der Waals surface area contributed by atoms with Crippen molar-refractivity contribution in [3.8, 4) is 5.75 Å². The second-order valence-electron chi connectivity index (χ2n) is 15.6. The van der Waals surface area contributed by atoms with Gasteiger partial charge >= 0.3 is 0 Å². The van der Waals surface area contributed by atoms with Gasteiger partial charge in [0.1, 0.15) is 11.6 Å². The predicted molar refractivity (Wildman–Crippen MR) is 197 cm³/mol. The molecule has 0 radical (unpaired) electrons. The monoisotopic (exact) mass is 708 g/mol. The molecule has 2 saturated carbocycles. The Kier molecular flexibility index (Phi) is 9.89. The van der Waals surface area contributed by atoms with Crippen LogP contribution >= 0.6 is 0 Å². The van der Waals surface area contributed by atoms with Crippen molar-refractivity contribution in [3.05, 3.63) is 105 Å². The Morgan fingerprint density at radius 3 is 2.65 bits per heavy atom. The number of benzene rings is 3. The lowest BCUT2D eigenvalue weighted by Gasteiger charge is -2.50. The summed E-state index contributed by atoms with van der Waals surface area (Å²) < 4.78 is 27.5. The number of amides is 1. The quantitative estimate of drug-likeness (QED) is 0.193. The summed E-state index contributed by atoms with van der Waals surface area (Å²) >= 11 is 0. The normalized spacial score (nSPS) is 25.8. The van der Waals surface area contributed by atoms with Gasteiger partial charge in [0.05, 0.1) is 42.6 Å². The summed E-state index contributed by atoms with van der Waals surface area (Å²) in [6.07, 6.45) is 7.63. The molecular weight excluding hydrogens is 659 g/mol. The topological polar surface area (TPSA) is 108 Å². The molecule has 4 aliphatic rings. The lowest BCUT2D eigenvalue weighted by Crippen LogP contribution is -2.49. The molecule has 8 rings (SSSR count). The SMILES string of the molecule is C[C@]12CC[C@@H]3c4ccc(O)cc4CC[C@H]3[C@@H]1CCC2OCCOCCN1CCN(C(=O)c2cc(Cc3n[nH]c(=O)c4ccccc34)ccc2F)CC1. The summed E-state index contributed by atoms with van der Waals surface area (Å²) in [5.41, 5.74) is 4.24. The van der Waals surface area contributed by atoms with Crippen LogP contribution in [0.3, 0.4) is 0 Å². The molecule has 52 heavy (non-hydrogen) atoms. The molecule has 4 aromatic rings. The molecule has 9 nitrogen and oxygen atoms in total. The number of hydrogen-bond acceptors (Lipinski definition) is 7. The molecule has 3 aromatic carbocycles. The van der Waals surface area contributed by atoms with Crippen LogP contribution in [0.25, 0.3) is 10.8 Å². The fourth-order valence-corrected chi connectivity index (χ4v) is 10.0. The number of ether oxygens (including phenoxy) is 2.